The Morgan fingerprint density at radius 3 is 2.50 bits per heavy atom. The molecular formula is C19H20ClFN2O4S. The monoisotopic (exact) mass is 426 g/mol. The zero-order valence-corrected chi connectivity index (χ0v) is 16.8. The maximum absolute atomic E-state index is 14.0. The van der Waals surface area contributed by atoms with E-state index in [2.05, 4.69) is 5.32 Å². The number of anilines is 1. The summed E-state index contributed by atoms with van der Waals surface area (Å²) in [7, 11) is -2.40. The normalized spacial score (nSPS) is 15.2. The number of carbonyl (C=O) groups excluding carboxylic acids is 1. The van der Waals surface area contributed by atoms with Crippen LogP contribution < -0.4 is 10.1 Å². The van der Waals surface area contributed by atoms with Gasteiger partial charge in [-0.2, -0.15) is 4.31 Å². The van der Waals surface area contributed by atoms with Gasteiger partial charge in [0, 0.05) is 23.8 Å². The summed E-state index contributed by atoms with van der Waals surface area (Å²) < 4.78 is 46.6. The molecule has 0 atom stereocenters. The van der Waals surface area contributed by atoms with Gasteiger partial charge in [-0.1, -0.05) is 18.0 Å². The van der Waals surface area contributed by atoms with Crippen LogP contribution in [0.25, 0.3) is 0 Å². The number of ether oxygens (including phenoxy) is 1. The average Bonchev–Trinajstić information content (AvgIpc) is 2.68. The summed E-state index contributed by atoms with van der Waals surface area (Å²) in [6.45, 7) is 0.885. The fraction of sp³-hybridized carbons (Fsp3) is 0.316. The van der Waals surface area contributed by atoms with Crippen molar-refractivity contribution in [1.29, 1.82) is 0 Å². The van der Waals surface area contributed by atoms with E-state index in [1.165, 1.54) is 41.7 Å². The van der Waals surface area contributed by atoms with Crippen molar-refractivity contribution in [2.75, 3.05) is 25.5 Å². The number of hydrogen-bond donors (Lipinski definition) is 1. The first-order chi connectivity index (χ1) is 13.3. The van der Waals surface area contributed by atoms with Crippen molar-refractivity contribution in [2.45, 2.75) is 24.2 Å². The van der Waals surface area contributed by atoms with Crippen LogP contribution in [0.4, 0.5) is 10.1 Å². The summed E-state index contributed by atoms with van der Waals surface area (Å²) >= 11 is 5.70. The standard InChI is InChI=1S/C19H20ClFN2O4S/c1-27-17-8-6-14(22-19(24)15-7-5-13(20)11-16(15)21)12-18(17)28(25,26)23-9-3-2-4-10-23/h5-8,11-12H,2-4,9-10H2,1H3,(H,22,24). The van der Waals surface area contributed by atoms with Crippen LogP contribution in [0.15, 0.2) is 41.3 Å². The number of piperidine rings is 1. The molecule has 0 unspecified atom stereocenters. The number of rotatable bonds is 5. The number of sulfonamides is 1. The summed E-state index contributed by atoms with van der Waals surface area (Å²) in [4.78, 5) is 12.3. The number of amides is 1. The minimum atomic E-state index is -3.78. The number of methoxy groups -OCH3 is 1. The molecule has 0 aromatic heterocycles. The summed E-state index contributed by atoms with van der Waals surface area (Å²) in [6.07, 6.45) is 2.59. The van der Waals surface area contributed by atoms with E-state index in [-0.39, 0.29) is 26.9 Å². The Balaban J connectivity index is 1.91. The maximum Gasteiger partial charge on any atom is 0.258 e. The number of hydrogen-bond acceptors (Lipinski definition) is 4. The van der Waals surface area contributed by atoms with Crippen molar-refractivity contribution in [1.82, 2.24) is 4.31 Å². The van der Waals surface area contributed by atoms with E-state index in [1.807, 2.05) is 0 Å². The van der Waals surface area contributed by atoms with Gasteiger partial charge < -0.3 is 10.1 Å². The van der Waals surface area contributed by atoms with Gasteiger partial charge in [-0.05, 0) is 49.2 Å². The van der Waals surface area contributed by atoms with Crippen LogP contribution in [-0.4, -0.2) is 38.8 Å². The van der Waals surface area contributed by atoms with Gasteiger partial charge in [0.05, 0.1) is 12.7 Å². The van der Waals surface area contributed by atoms with E-state index >= 15 is 0 Å². The Morgan fingerprint density at radius 2 is 1.86 bits per heavy atom. The quantitative estimate of drug-likeness (QED) is 0.786. The Bertz CT molecular complexity index is 991. The molecule has 0 bridgehead atoms. The molecule has 150 valence electrons. The van der Waals surface area contributed by atoms with Crippen molar-refractivity contribution in [3.8, 4) is 5.75 Å². The molecule has 28 heavy (non-hydrogen) atoms. The van der Waals surface area contributed by atoms with Gasteiger partial charge >= 0.3 is 0 Å². The molecule has 1 heterocycles. The Hall–Kier alpha value is -2.16. The van der Waals surface area contributed by atoms with Crippen LogP contribution >= 0.6 is 11.6 Å². The van der Waals surface area contributed by atoms with Gasteiger partial charge in [0.2, 0.25) is 10.0 Å². The second kappa shape index (κ2) is 8.46. The number of benzene rings is 2. The Morgan fingerprint density at radius 1 is 1.14 bits per heavy atom. The fourth-order valence-electron chi connectivity index (χ4n) is 3.07. The number of nitrogens with zero attached hydrogens (tertiary/aromatic N) is 1. The maximum atomic E-state index is 14.0. The number of halogens is 2. The number of carbonyl (C=O) groups is 1. The first kappa shape index (κ1) is 20.6. The molecule has 1 N–H and O–H groups in total. The molecule has 1 aliphatic heterocycles. The molecule has 1 fully saturated rings. The second-order valence-corrected chi connectivity index (χ2v) is 8.75. The highest BCUT2D eigenvalue weighted by Crippen LogP contribution is 2.31. The molecule has 1 amide bonds. The fourth-order valence-corrected chi connectivity index (χ4v) is 4.93. The summed E-state index contributed by atoms with van der Waals surface area (Å²) in [6, 6.07) is 8.00. The molecule has 1 saturated heterocycles. The zero-order chi connectivity index (χ0) is 20.3. The highest BCUT2D eigenvalue weighted by Gasteiger charge is 2.29. The third-order valence-electron chi connectivity index (χ3n) is 4.53. The molecular weight excluding hydrogens is 407 g/mol. The van der Waals surface area contributed by atoms with E-state index in [4.69, 9.17) is 16.3 Å². The van der Waals surface area contributed by atoms with Gasteiger partial charge in [-0.3, -0.25) is 4.79 Å². The Labute approximate surface area is 168 Å². The van der Waals surface area contributed by atoms with Gasteiger partial charge in [0.15, 0.2) is 0 Å². The first-order valence-electron chi connectivity index (χ1n) is 8.77. The van der Waals surface area contributed by atoms with Crippen molar-refractivity contribution in [3.63, 3.8) is 0 Å². The summed E-state index contributed by atoms with van der Waals surface area (Å²) in [5.41, 5.74) is 0.0244. The number of nitrogens with one attached hydrogen (secondary N) is 1. The van der Waals surface area contributed by atoms with Crippen LogP contribution in [0.1, 0.15) is 29.6 Å². The molecule has 0 aliphatic carbocycles. The van der Waals surface area contributed by atoms with Crippen LogP contribution in [0.2, 0.25) is 5.02 Å². The lowest BCUT2D eigenvalue weighted by molar-refractivity contribution is 0.102. The van der Waals surface area contributed by atoms with Gasteiger partial charge in [0.25, 0.3) is 5.91 Å². The zero-order valence-electron chi connectivity index (χ0n) is 15.2. The largest absolute Gasteiger partial charge is 0.495 e. The van der Waals surface area contributed by atoms with Crippen molar-refractivity contribution in [2.24, 2.45) is 0 Å². The minimum absolute atomic E-state index is 0.0359. The lowest BCUT2D eigenvalue weighted by Gasteiger charge is -2.26. The highest BCUT2D eigenvalue weighted by molar-refractivity contribution is 7.89. The van der Waals surface area contributed by atoms with Crippen LogP contribution in [0.3, 0.4) is 0 Å². The predicted octanol–water partition coefficient (Wildman–Crippen LogP) is 3.91. The molecule has 3 rings (SSSR count). The molecule has 2 aromatic rings. The average molecular weight is 427 g/mol. The lowest BCUT2D eigenvalue weighted by atomic mass is 10.2. The lowest BCUT2D eigenvalue weighted by Crippen LogP contribution is -2.35. The van der Waals surface area contributed by atoms with Crippen molar-refractivity contribution in [3.05, 3.63) is 52.8 Å². The topological polar surface area (TPSA) is 75.7 Å². The first-order valence-corrected chi connectivity index (χ1v) is 10.6. The van der Waals surface area contributed by atoms with Crippen LogP contribution in [-0.2, 0) is 10.0 Å². The van der Waals surface area contributed by atoms with Crippen LogP contribution in [0.5, 0.6) is 5.75 Å². The van der Waals surface area contributed by atoms with Gasteiger partial charge in [-0.25, -0.2) is 12.8 Å². The third-order valence-corrected chi connectivity index (χ3v) is 6.69. The highest BCUT2D eigenvalue weighted by atomic mass is 35.5. The van der Waals surface area contributed by atoms with E-state index in [0.717, 1.165) is 25.3 Å². The van der Waals surface area contributed by atoms with Gasteiger partial charge in [-0.15, -0.1) is 0 Å². The molecule has 0 saturated carbocycles. The second-order valence-electron chi connectivity index (χ2n) is 6.41. The third kappa shape index (κ3) is 4.29. The molecule has 2 aromatic carbocycles. The molecule has 0 spiro atoms. The van der Waals surface area contributed by atoms with Crippen molar-refractivity contribution >= 4 is 33.2 Å². The van der Waals surface area contributed by atoms with E-state index in [9.17, 15) is 17.6 Å². The Kier molecular flexibility index (Phi) is 6.22. The predicted molar refractivity (Wildman–Crippen MR) is 105 cm³/mol. The van der Waals surface area contributed by atoms with E-state index < -0.39 is 21.7 Å². The SMILES string of the molecule is COc1ccc(NC(=O)c2ccc(Cl)cc2F)cc1S(=O)(=O)N1CCCCC1. The minimum Gasteiger partial charge on any atom is -0.495 e. The summed E-state index contributed by atoms with van der Waals surface area (Å²) in [5.74, 6) is -1.29. The van der Waals surface area contributed by atoms with Crippen molar-refractivity contribution < 1.29 is 22.3 Å². The van der Waals surface area contributed by atoms with Gasteiger partial charge in [0.1, 0.15) is 16.5 Å². The molecule has 6 nitrogen and oxygen atoms in total. The van der Waals surface area contributed by atoms with Crippen LogP contribution in [0, 0.1) is 5.82 Å². The molecule has 9 heteroatoms. The molecule has 0 radical (unpaired) electrons. The molecule has 1 aliphatic rings. The smallest absolute Gasteiger partial charge is 0.258 e. The van der Waals surface area contributed by atoms with E-state index in [0.29, 0.717) is 13.1 Å². The van der Waals surface area contributed by atoms with E-state index in [1.54, 1.807) is 0 Å². The summed E-state index contributed by atoms with van der Waals surface area (Å²) in [5, 5.41) is 2.70.